The molecule has 1 aliphatic rings. The summed E-state index contributed by atoms with van der Waals surface area (Å²) in [6, 6.07) is 5.04. The van der Waals surface area contributed by atoms with Crippen LogP contribution in [0.15, 0.2) is 18.2 Å². The van der Waals surface area contributed by atoms with Gasteiger partial charge in [0.25, 0.3) is 5.91 Å². The Kier molecular flexibility index (Phi) is 4.15. The van der Waals surface area contributed by atoms with Gasteiger partial charge in [-0.3, -0.25) is 4.79 Å². The smallest absolute Gasteiger partial charge is 0.254 e. The van der Waals surface area contributed by atoms with E-state index in [1.807, 2.05) is 0 Å². The first-order chi connectivity index (χ1) is 8.58. The lowest BCUT2D eigenvalue weighted by Crippen LogP contribution is -2.51. The van der Waals surface area contributed by atoms with Crippen molar-refractivity contribution in [1.82, 2.24) is 5.32 Å². The number of nitrogens with two attached hydrogens (primary N) is 1. The van der Waals surface area contributed by atoms with Crippen molar-refractivity contribution < 1.29 is 4.79 Å². The van der Waals surface area contributed by atoms with E-state index in [0.717, 1.165) is 25.7 Å². The number of carbonyl (C=O) groups excluding carboxylic acids is 1. The Morgan fingerprint density at radius 3 is 2.33 bits per heavy atom. The summed E-state index contributed by atoms with van der Waals surface area (Å²) in [5.74, 6) is -0.238. The lowest BCUT2D eigenvalue weighted by Gasteiger charge is -2.29. The second-order valence-corrected chi connectivity index (χ2v) is 5.56. The van der Waals surface area contributed by atoms with Crippen LogP contribution in [0.5, 0.6) is 0 Å². The summed E-state index contributed by atoms with van der Waals surface area (Å²) in [6.45, 7) is 0.445. The van der Waals surface area contributed by atoms with Crippen molar-refractivity contribution in [1.29, 1.82) is 0 Å². The van der Waals surface area contributed by atoms with Crippen molar-refractivity contribution in [3.63, 3.8) is 0 Å². The van der Waals surface area contributed by atoms with Gasteiger partial charge in [-0.2, -0.15) is 0 Å². The predicted molar refractivity (Wildman–Crippen MR) is 74.2 cm³/mol. The Balaban J connectivity index is 2.22. The van der Waals surface area contributed by atoms with Gasteiger partial charge in [-0.25, -0.2) is 0 Å². The molecule has 1 aliphatic carbocycles. The van der Waals surface area contributed by atoms with Crippen LogP contribution in [-0.2, 0) is 0 Å². The van der Waals surface area contributed by atoms with Gasteiger partial charge in [-0.15, -0.1) is 0 Å². The normalized spacial score (nSPS) is 17.7. The van der Waals surface area contributed by atoms with Gasteiger partial charge in [-0.05, 0) is 25.0 Å². The zero-order valence-electron chi connectivity index (χ0n) is 10.0. The number of carbonyl (C=O) groups is 1. The predicted octanol–water partition coefficient (Wildman–Crippen LogP) is 2.99. The number of rotatable bonds is 3. The van der Waals surface area contributed by atoms with Crippen LogP contribution in [-0.4, -0.2) is 18.0 Å². The van der Waals surface area contributed by atoms with Gasteiger partial charge < -0.3 is 11.1 Å². The number of halogens is 2. The van der Waals surface area contributed by atoms with Crippen LogP contribution in [0.25, 0.3) is 0 Å². The molecular weight excluding hydrogens is 271 g/mol. The lowest BCUT2D eigenvalue weighted by molar-refractivity contribution is 0.0903. The highest BCUT2D eigenvalue weighted by Crippen LogP contribution is 2.30. The van der Waals surface area contributed by atoms with Crippen LogP contribution in [0.2, 0.25) is 10.0 Å². The maximum atomic E-state index is 12.3. The molecule has 1 saturated carbocycles. The minimum Gasteiger partial charge on any atom is -0.345 e. The zero-order chi connectivity index (χ0) is 13.2. The summed E-state index contributed by atoms with van der Waals surface area (Å²) in [5.41, 5.74) is 5.83. The molecule has 1 fully saturated rings. The van der Waals surface area contributed by atoms with Gasteiger partial charge in [0.2, 0.25) is 0 Å². The van der Waals surface area contributed by atoms with Crippen LogP contribution < -0.4 is 11.1 Å². The fourth-order valence-electron chi connectivity index (χ4n) is 2.45. The van der Waals surface area contributed by atoms with Crippen LogP contribution >= 0.6 is 23.2 Å². The van der Waals surface area contributed by atoms with Gasteiger partial charge in [0.15, 0.2) is 0 Å². The second-order valence-electron chi connectivity index (χ2n) is 4.74. The van der Waals surface area contributed by atoms with Crippen molar-refractivity contribution in [2.24, 2.45) is 5.73 Å². The maximum Gasteiger partial charge on any atom is 0.254 e. The first kappa shape index (κ1) is 13.7. The van der Waals surface area contributed by atoms with E-state index >= 15 is 0 Å². The van der Waals surface area contributed by atoms with E-state index in [1.54, 1.807) is 18.2 Å². The second kappa shape index (κ2) is 5.47. The highest BCUT2D eigenvalue weighted by molar-refractivity contribution is 6.39. The molecule has 0 atom stereocenters. The third kappa shape index (κ3) is 2.63. The quantitative estimate of drug-likeness (QED) is 0.898. The van der Waals surface area contributed by atoms with E-state index in [1.165, 1.54) is 0 Å². The van der Waals surface area contributed by atoms with E-state index in [9.17, 15) is 4.79 Å². The fourth-order valence-corrected chi connectivity index (χ4v) is 3.02. The molecule has 2 rings (SSSR count). The van der Waals surface area contributed by atoms with E-state index in [0.29, 0.717) is 22.2 Å². The largest absolute Gasteiger partial charge is 0.345 e. The SMILES string of the molecule is NCC1(NC(=O)c2c(Cl)cccc2Cl)CCCC1. The molecule has 18 heavy (non-hydrogen) atoms. The molecule has 5 heteroatoms. The number of hydrogen-bond donors (Lipinski definition) is 2. The summed E-state index contributed by atoms with van der Waals surface area (Å²) < 4.78 is 0. The molecule has 1 amide bonds. The van der Waals surface area contributed by atoms with E-state index in [4.69, 9.17) is 28.9 Å². The maximum absolute atomic E-state index is 12.3. The molecule has 0 heterocycles. The highest BCUT2D eigenvalue weighted by atomic mass is 35.5. The van der Waals surface area contributed by atoms with Gasteiger partial charge in [-0.1, -0.05) is 42.1 Å². The molecule has 1 aromatic rings. The van der Waals surface area contributed by atoms with Crippen LogP contribution in [0.4, 0.5) is 0 Å². The van der Waals surface area contributed by atoms with Gasteiger partial charge in [0.1, 0.15) is 0 Å². The molecule has 0 aromatic heterocycles. The topological polar surface area (TPSA) is 55.1 Å². The van der Waals surface area contributed by atoms with Crippen LogP contribution in [0.1, 0.15) is 36.0 Å². The Labute approximate surface area is 117 Å². The third-order valence-electron chi connectivity index (χ3n) is 3.52. The highest BCUT2D eigenvalue weighted by Gasteiger charge is 2.34. The van der Waals surface area contributed by atoms with Gasteiger partial charge in [0.05, 0.1) is 21.1 Å². The minimum absolute atomic E-state index is 0.238. The number of nitrogens with one attached hydrogen (secondary N) is 1. The Bertz CT molecular complexity index is 436. The van der Waals surface area contributed by atoms with Crippen LogP contribution in [0.3, 0.4) is 0 Å². The third-order valence-corrected chi connectivity index (χ3v) is 4.15. The fraction of sp³-hybridized carbons (Fsp3) is 0.462. The van der Waals surface area contributed by atoms with E-state index < -0.39 is 0 Å². The Morgan fingerprint density at radius 1 is 1.28 bits per heavy atom. The van der Waals surface area contributed by atoms with E-state index in [2.05, 4.69) is 5.32 Å². The Morgan fingerprint density at radius 2 is 1.83 bits per heavy atom. The number of hydrogen-bond acceptors (Lipinski definition) is 2. The molecule has 0 spiro atoms. The standard InChI is InChI=1S/C13H16Cl2N2O/c14-9-4-3-5-10(15)11(9)12(18)17-13(8-16)6-1-2-7-13/h3-5H,1-2,6-8,16H2,(H,17,18). The molecule has 98 valence electrons. The molecule has 0 aliphatic heterocycles. The van der Waals surface area contributed by atoms with Crippen molar-refractivity contribution in [3.8, 4) is 0 Å². The molecule has 3 N–H and O–H groups in total. The summed E-state index contributed by atoms with van der Waals surface area (Å²) in [6.07, 6.45) is 4.01. The number of benzene rings is 1. The van der Waals surface area contributed by atoms with E-state index in [-0.39, 0.29) is 11.4 Å². The number of amides is 1. The first-order valence-electron chi connectivity index (χ1n) is 6.05. The molecule has 0 radical (unpaired) electrons. The summed E-state index contributed by atoms with van der Waals surface area (Å²) in [4.78, 5) is 12.3. The monoisotopic (exact) mass is 286 g/mol. The molecule has 0 saturated heterocycles. The summed E-state index contributed by atoms with van der Waals surface area (Å²) in [5, 5.41) is 3.74. The molecule has 0 unspecified atom stereocenters. The summed E-state index contributed by atoms with van der Waals surface area (Å²) in [7, 11) is 0. The average Bonchev–Trinajstić information content (AvgIpc) is 2.78. The Hall–Kier alpha value is -0.770. The van der Waals surface area contributed by atoms with Gasteiger partial charge in [0, 0.05) is 6.54 Å². The molecule has 3 nitrogen and oxygen atoms in total. The van der Waals surface area contributed by atoms with Crippen molar-refractivity contribution in [3.05, 3.63) is 33.8 Å². The van der Waals surface area contributed by atoms with Crippen LogP contribution in [0, 0.1) is 0 Å². The van der Waals surface area contributed by atoms with Crippen molar-refractivity contribution >= 4 is 29.1 Å². The average molecular weight is 287 g/mol. The van der Waals surface area contributed by atoms with Crippen molar-refractivity contribution in [2.75, 3.05) is 6.54 Å². The molecule has 1 aromatic carbocycles. The van der Waals surface area contributed by atoms with Crippen molar-refractivity contribution in [2.45, 2.75) is 31.2 Å². The van der Waals surface area contributed by atoms with Gasteiger partial charge >= 0.3 is 0 Å². The lowest BCUT2D eigenvalue weighted by atomic mass is 9.97. The zero-order valence-corrected chi connectivity index (χ0v) is 11.5. The molecule has 0 bridgehead atoms. The molecular formula is C13H16Cl2N2O. The first-order valence-corrected chi connectivity index (χ1v) is 6.80. The summed E-state index contributed by atoms with van der Waals surface area (Å²) >= 11 is 12.0. The minimum atomic E-state index is -0.292.